The molecule has 5 nitrogen and oxygen atoms in total. The second kappa shape index (κ2) is 7.54. The molecule has 3 rings (SSSR count). The number of likely N-dealkylation sites (tertiary alicyclic amines) is 1. The van der Waals surface area contributed by atoms with Crippen LogP contribution in [0.2, 0.25) is 0 Å². The summed E-state index contributed by atoms with van der Waals surface area (Å²) >= 11 is 0. The third kappa shape index (κ3) is 3.59. The summed E-state index contributed by atoms with van der Waals surface area (Å²) in [7, 11) is 3.62. The van der Waals surface area contributed by atoms with Crippen molar-refractivity contribution < 1.29 is 4.79 Å². The second-order valence-electron chi connectivity index (χ2n) is 6.58. The lowest BCUT2D eigenvalue weighted by Crippen LogP contribution is -2.34. The smallest absolute Gasteiger partial charge is 0.267 e. The maximum atomic E-state index is 12.0. The average Bonchev–Trinajstić information content (AvgIpc) is 3.03. The Morgan fingerprint density at radius 3 is 2.92 bits per heavy atom. The van der Waals surface area contributed by atoms with Crippen molar-refractivity contribution >= 4 is 5.91 Å². The largest absolute Gasteiger partial charge is 0.354 e. The van der Waals surface area contributed by atoms with E-state index in [-0.39, 0.29) is 5.91 Å². The summed E-state index contributed by atoms with van der Waals surface area (Å²) < 4.78 is 2.01. The van der Waals surface area contributed by atoms with E-state index in [4.69, 9.17) is 5.26 Å². The highest BCUT2D eigenvalue weighted by atomic mass is 16.1. The lowest BCUT2D eigenvalue weighted by molar-refractivity contribution is 0.0952. The van der Waals surface area contributed by atoms with Gasteiger partial charge in [0.2, 0.25) is 0 Å². The fourth-order valence-electron chi connectivity index (χ4n) is 3.71. The number of nitrogens with zero attached hydrogens (tertiary/aromatic N) is 3. The van der Waals surface area contributed by atoms with E-state index >= 15 is 0 Å². The van der Waals surface area contributed by atoms with Crippen molar-refractivity contribution in [2.45, 2.75) is 31.8 Å². The van der Waals surface area contributed by atoms with E-state index in [0.717, 1.165) is 25.1 Å². The highest BCUT2D eigenvalue weighted by Gasteiger charge is 2.27. The first-order chi connectivity index (χ1) is 12.1. The predicted molar refractivity (Wildman–Crippen MR) is 97.0 cm³/mol. The van der Waals surface area contributed by atoms with Crippen LogP contribution < -0.4 is 5.32 Å². The van der Waals surface area contributed by atoms with E-state index in [1.807, 2.05) is 35.9 Å². The second-order valence-corrected chi connectivity index (χ2v) is 6.58. The first-order valence-electron chi connectivity index (χ1n) is 8.75. The van der Waals surface area contributed by atoms with Crippen molar-refractivity contribution in [3.63, 3.8) is 0 Å². The van der Waals surface area contributed by atoms with E-state index in [2.05, 4.69) is 28.4 Å². The van der Waals surface area contributed by atoms with Gasteiger partial charge in [0.25, 0.3) is 5.91 Å². The maximum Gasteiger partial charge on any atom is 0.267 e. The molecule has 0 saturated carbocycles. The van der Waals surface area contributed by atoms with Gasteiger partial charge in [0.1, 0.15) is 5.69 Å². The van der Waals surface area contributed by atoms with Crippen LogP contribution in [0.5, 0.6) is 0 Å². The van der Waals surface area contributed by atoms with Gasteiger partial charge in [-0.2, -0.15) is 5.26 Å². The lowest BCUT2D eigenvalue weighted by atomic mass is 9.98. The van der Waals surface area contributed by atoms with Gasteiger partial charge >= 0.3 is 0 Å². The van der Waals surface area contributed by atoms with Crippen molar-refractivity contribution in [2.24, 2.45) is 7.05 Å². The van der Waals surface area contributed by atoms with Crippen molar-refractivity contribution in [3.05, 3.63) is 58.9 Å². The van der Waals surface area contributed by atoms with E-state index in [9.17, 15) is 4.79 Å². The maximum absolute atomic E-state index is 12.0. The first kappa shape index (κ1) is 17.2. The number of piperidine rings is 1. The van der Waals surface area contributed by atoms with E-state index in [1.54, 1.807) is 7.05 Å². The average molecular weight is 336 g/mol. The number of carbonyl (C=O) groups is 1. The Labute approximate surface area is 148 Å². The van der Waals surface area contributed by atoms with Crippen LogP contribution in [0.4, 0.5) is 0 Å². The first-order valence-corrected chi connectivity index (χ1v) is 8.75. The molecule has 0 aliphatic carbocycles. The van der Waals surface area contributed by atoms with Gasteiger partial charge in [0.15, 0.2) is 0 Å². The van der Waals surface area contributed by atoms with Crippen LogP contribution in [0.25, 0.3) is 0 Å². The molecule has 1 fully saturated rings. The number of nitrogens with one attached hydrogen (secondary N) is 1. The minimum Gasteiger partial charge on any atom is -0.354 e. The fourth-order valence-corrected chi connectivity index (χ4v) is 3.71. The summed E-state index contributed by atoms with van der Waals surface area (Å²) in [6.45, 7) is 1.85. The highest BCUT2D eigenvalue weighted by molar-refractivity contribution is 5.92. The Morgan fingerprint density at radius 2 is 2.16 bits per heavy atom. The third-order valence-electron chi connectivity index (χ3n) is 5.02. The summed E-state index contributed by atoms with van der Waals surface area (Å²) in [6, 6.07) is 14.3. The van der Waals surface area contributed by atoms with Crippen molar-refractivity contribution in [1.29, 1.82) is 5.26 Å². The molecular weight excluding hydrogens is 312 g/mol. The van der Waals surface area contributed by atoms with Crippen molar-refractivity contribution in [1.82, 2.24) is 14.8 Å². The van der Waals surface area contributed by atoms with Crippen LogP contribution in [0.15, 0.2) is 36.4 Å². The molecule has 2 aromatic rings. The van der Waals surface area contributed by atoms with Gasteiger partial charge in [-0.25, -0.2) is 0 Å². The summed E-state index contributed by atoms with van der Waals surface area (Å²) in [5, 5.41) is 11.8. The molecule has 0 spiro atoms. The van der Waals surface area contributed by atoms with Crippen molar-refractivity contribution in [2.75, 3.05) is 13.6 Å². The van der Waals surface area contributed by atoms with Gasteiger partial charge in [-0.1, -0.05) is 18.6 Å². The molecule has 1 aliphatic heterocycles. The molecule has 0 unspecified atom stereocenters. The molecule has 0 bridgehead atoms. The molecule has 25 heavy (non-hydrogen) atoms. The molecule has 1 saturated heterocycles. The van der Waals surface area contributed by atoms with Crippen LogP contribution >= 0.6 is 0 Å². The Hall–Kier alpha value is -2.58. The SMILES string of the molecule is CNC(=O)c1ccc([C@H]2CCCCN2Cc2cccc(C#N)c2)n1C. The Morgan fingerprint density at radius 1 is 1.32 bits per heavy atom. The standard InChI is InChI=1S/C20H24N4O/c1-22-20(25)19-10-9-17(23(19)2)18-8-3-4-11-24(18)14-16-7-5-6-15(12-16)13-21/h5-7,9-10,12,18H,3-4,8,11,14H2,1-2H3,(H,22,25)/t18-/m1/s1. The highest BCUT2D eigenvalue weighted by Crippen LogP contribution is 2.33. The van der Waals surface area contributed by atoms with Gasteiger partial charge in [0, 0.05) is 26.3 Å². The number of carbonyl (C=O) groups excluding carboxylic acids is 1. The molecule has 2 heterocycles. The molecule has 1 aliphatic rings. The molecule has 1 aromatic heterocycles. The van der Waals surface area contributed by atoms with E-state index < -0.39 is 0 Å². The fraction of sp³-hybridized carbons (Fsp3) is 0.400. The molecule has 130 valence electrons. The number of nitriles is 1. The number of hydrogen-bond acceptors (Lipinski definition) is 3. The minimum absolute atomic E-state index is 0.0576. The number of amides is 1. The quantitative estimate of drug-likeness (QED) is 0.934. The minimum atomic E-state index is -0.0576. The Balaban J connectivity index is 1.85. The predicted octanol–water partition coefficient (Wildman–Crippen LogP) is 2.98. The van der Waals surface area contributed by atoms with Crippen LogP contribution in [-0.4, -0.2) is 29.0 Å². The lowest BCUT2D eigenvalue weighted by Gasteiger charge is -2.36. The van der Waals surface area contributed by atoms with Crippen LogP contribution in [0.1, 0.15) is 52.6 Å². The van der Waals surface area contributed by atoms with Gasteiger partial charge in [0.05, 0.1) is 17.7 Å². The topological polar surface area (TPSA) is 61.1 Å². The third-order valence-corrected chi connectivity index (χ3v) is 5.02. The molecule has 0 radical (unpaired) electrons. The molecule has 1 amide bonds. The summed E-state index contributed by atoms with van der Waals surface area (Å²) in [4.78, 5) is 14.5. The van der Waals surface area contributed by atoms with Crippen LogP contribution in [0, 0.1) is 11.3 Å². The van der Waals surface area contributed by atoms with Crippen LogP contribution in [-0.2, 0) is 13.6 Å². The molecule has 5 heteroatoms. The molecule has 1 atom stereocenters. The van der Waals surface area contributed by atoms with Crippen molar-refractivity contribution in [3.8, 4) is 6.07 Å². The number of hydrogen-bond donors (Lipinski definition) is 1. The zero-order valence-electron chi connectivity index (χ0n) is 14.8. The molecule has 1 N–H and O–H groups in total. The molecular formula is C20H24N4O. The molecule has 1 aromatic carbocycles. The Bertz CT molecular complexity index is 802. The van der Waals surface area contributed by atoms with E-state index in [1.165, 1.54) is 18.5 Å². The number of benzene rings is 1. The summed E-state index contributed by atoms with van der Waals surface area (Å²) in [5.74, 6) is -0.0576. The van der Waals surface area contributed by atoms with Gasteiger partial charge in [-0.05, 0) is 49.2 Å². The van der Waals surface area contributed by atoms with Crippen LogP contribution in [0.3, 0.4) is 0 Å². The zero-order chi connectivity index (χ0) is 17.8. The monoisotopic (exact) mass is 336 g/mol. The summed E-state index contributed by atoms with van der Waals surface area (Å²) in [6.07, 6.45) is 3.46. The van der Waals surface area contributed by atoms with Gasteiger partial charge in [-0.15, -0.1) is 0 Å². The number of rotatable bonds is 4. The Kier molecular flexibility index (Phi) is 5.20. The van der Waals surface area contributed by atoms with E-state index in [0.29, 0.717) is 17.3 Å². The van der Waals surface area contributed by atoms with Gasteiger partial charge < -0.3 is 9.88 Å². The zero-order valence-corrected chi connectivity index (χ0v) is 14.8. The summed E-state index contributed by atoms with van der Waals surface area (Å²) in [5.41, 5.74) is 3.72. The van der Waals surface area contributed by atoms with Gasteiger partial charge in [-0.3, -0.25) is 9.69 Å². The number of aromatic nitrogens is 1. The normalized spacial score (nSPS) is 17.9.